The molecule has 0 aliphatic heterocycles. The van der Waals surface area contributed by atoms with Crippen LogP contribution in [0.25, 0.3) is 76.2 Å². The van der Waals surface area contributed by atoms with Crippen LogP contribution in [-0.4, -0.2) is 4.40 Å². The van der Waals surface area contributed by atoms with Gasteiger partial charge < -0.3 is 17.7 Å². The van der Waals surface area contributed by atoms with Crippen molar-refractivity contribution in [2.75, 3.05) is 0 Å². The molecule has 9 aromatic rings. The molecule has 41 heavy (non-hydrogen) atoms. The number of rotatable bonds is 0. The summed E-state index contributed by atoms with van der Waals surface area (Å²) in [5.41, 5.74) is 11.0. The van der Waals surface area contributed by atoms with Crippen LogP contribution in [0.3, 0.4) is 0 Å². The summed E-state index contributed by atoms with van der Waals surface area (Å²) in [6.07, 6.45) is 0. The Labute approximate surface area is 237 Å². The highest BCUT2D eigenvalue weighted by Gasteiger charge is 2.31. The fraction of sp³-hybridized carbons (Fsp3) is 0.222. The molecule has 0 saturated heterocycles. The number of aromatic nitrogens is 1. The lowest BCUT2D eigenvalue weighted by Crippen LogP contribution is -2.13. The van der Waals surface area contributed by atoms with Crippen LogP contribution >= 0.6 is 7.34 Å². The van der Waals surface area contributed by atoms with Crippen LogP contribution in [0.2, 0.25) is 0 Å². The number of benzene rings is 5. The lowest BCUT2D eigenvalue weighted by Gasteiger charge is -2.27. The van der Waals surface area contributed by atoms with Crippen molar-refractivity contribution in [1.29, 1.82) is 0 Å². The van der Waals surface area contributed by atoms with Crippen LogP contribution in [0, 0.1) is 0 Å². The summed E-state index contributed by atoms with van der Waals surface area (Å²) < 4.78 is 23.0. The molecule has 4 heterocycles. The minimum absolute atomic E-state index is 0.0816. The standard InChI is InChI=1S/C36H30NO3P/c1-35(2,3)21-14-15-23-32-30(21)39-25-12-9-13-26-33(25)41(32)34-29-28(18-22(31(34)40-26)36(4,5)6)38-27-17-20-11-8-7-10-19(20)16-24(27)37(23)29/h7-18H,1-6H3. The zero-order valence-corrected chi connectivity index (χ0v) is 24.9. The van der Waals surface area contributed by atoms with Gasteiger partial charge in [0.2, 0.25) is 0 Å². The highest BCUT2D eigenvalue weighted by atomic mass is 31.1. The topological polar surface area (TPSA) is 43.8 Å². The molecule has 1 atom stereocenters. The van der Waals surface area contributed by atoms with Crippen molar-refractivity contribution in [3.63, 3.8) is 0 Å². The van der Waals surface area contributed by atoms with Gasteiger partial charge in [-0.3, -0.25) is 0 Å². The maximum atomic E-state index is 6.89. The van der Waals surface area contributed by atoms with E-state index in [1.54, 1.807) is 0 Å². The predicted molar refractivity (Wildman–Crippen MR) is 172 cm³/mol. The van der Waals surface area contributed by atoms with Crippen molar-refractivity contribution in [3.05, 3.63) is 83.9 Å². The van der Waals surface area contributed by atoms with Gasteiger partial charge in [-0.2, -0.15) is 0 Å². The summed E-state index contributed by atoms with van der Waals surface area (Å²) in [7, 11) is -0.941. The average molecular weight is 556 g/mol. The summed E-state index contributed by atoms with van der Waals surface area (Å²) in [5.74, 6) is 0. The second-order valence-corrected chi connectivity index (χ2v) is 15.5. The first-order valence-electron chi connectivity index (χ1n) is 14.3. The SMILES string of the molecule is CC(C)(C)c1ccc2c3c1oc1cccc4oc5c(C(C)(C)C)cc6oc7cc8ccccc8cc7n2c6c5p3c14. The third kappa shape index (κ3) is 2.96. The van der Waals surface area contributed by atoms with Gasteiger partial charge in [0.1, 0.15) is 27.8 Å². The van der Waals surface area contributed by atoms with Crippen LogP contribution in [0.1, 0.15) is 52.7 Å². The molecule has 4 aromatic heterocycles. The van der Waals surface area contributed by atoms with Gasteiger partial charge in [-0.25, -0.2) is 0 Å². The molecular weight excluding hydrogens is 525 g/mol. The van der Waals surface area contributed by atoms with E-state index in [2.05, 4.69) is 119 Å². The van der Waals surface area contributed by atoms with Crippen LogP contribution in [0.15, 0.2) is 86.0 Å². The Balaban J connectivity index is 1.70. The third-order valence-electron chi connectivity index (χ3n) is 8.73. The Bertz CT molecular complexity index is 2530. The number of fused-ring (bicyclic) bond motifs is 4. The normalized spacial score (nSPS) is 14.0. The van der Waals surface area contributed by atoms with E-state index >= 15 is 0 Å². The maximum Gasteiger partial charge on any atom is 0.153 e. The molecule has 0 amide bonds. The second kappa shape index (κ2) is 7.38. The fourth-order valence-corrected chi connectivity index (χ4v) is 9.74. The number of hydrogen-bond donors (Lipinski definition) is 0. The molecule has 0 aliphatic rings. The van der Waals surface area contributed by atoms with Gasteiger partial charge in [0.15, 0.2) is 11.2 Å². The first kappa shape index (κ1) is 23.6. The molecule has 0 spiro atoms. The molecule has 202 valence electrons. The summed E-state index contributed by atoms with van der Waals surface area (Å²) >= 11 is 0. The van der Waals surface area contributed by atoms with Crippen LogP contribution in [0.5, 0.6) is 0 Å². The third-order valence-corrected chi connectivity index (χ3v) is 11.4. The van der Waals surface area contributed by atoms with Crippen molar-refractivity contribution >= 4 is 83.5 Å². The maximum absolute atomic E-state index is 6.89. The lowest BCUT2D eigenvalue weighted by atomic mass is 9.86. The van der Waals surface area contributed by atoms with Gasteiger partial charge in [-0.1, -0.05) is 85.3 Å². The summed E-state index contributed by atoms with van der Waals surface area (Å²) in [5, 5.41) is 6.05. The van der Waals surface area contributed by atoms with E-state index in [1.807, 2.05) is 0 Å². The van der Waals surface area contributed by atoms with E-state index in [1.165, 1.54) is 37.2 Å². The first-order valence-corrected chi connectivity index (χ1v) is 15.6. The molecule has 0 N–H and O–H groups in total. The van der Waals surface area contributed by atoms with Gasteiger partial charge in [0.05, 0.1) is 26.4 Å². The van der Waals surface area contributed by atoms with Crippen LogP contribution < -0.4 is 0 Å². The Morgan fingerprint density at radius 3 is 1.88 bits per heavy atom. The van der Waals surface area contributed by atoms with Crippen molar-refractivity contribution in [1.82, 2.24) is 4.40 Å². The lowest BCUT2D eigenvalue weighted by molar-refractivity contribution is 0.567. The molecule has 1 unspecified atom stereocenters. The van der Waals surface area contributed by atoms with E-state index in [0.29, 0.717) is 0 Å². The van der Waals surface area contributed by atoms with Crippen molar-refractivity contribution in [3.8, 4) is 0 Å². The zero-order chi connectivity index (χ0) is 28.0. The zero-order valence-electron chi connectivity index (χ0n) is 24.0. The van der Waals surface area contributed by atoms with Gasteiger partial charge in [0, 0.05) is 11.1 Å². The Morgan fingerprint density at radius 2 is 1.20 bits per heavy atom. The molecule has 0 fully saturated rings. The van der Waals surface area contributed by atoms with E-state index in [4.69, 9.17) is 13.3 Å². The molecule has 5 heteroatoms. The Kier molecular flexibility index (Phi) is 4.24. The largest absolute Gasteiger partial charge is 0.455 e. The highest BCUT2D eigenvalue weighted by molar-refractivity contribution is 7.63. The van der Waals surface area contributed by atoms with Gasteiger partial charge in [-0.05, 0) is 58.0 Å². The molecule has 0 bridgehead atoms. The Hall–Kier alpha value is -4.14. The summed E-state index contributed by atoms with van der Waals surface area (Å²) in [6, 6.07) is 26.0. The van der Waals surface area contributed by atoms with Crippen molar-refractivity contribution in [2.45, 2.75) is 52.4 Å². The van der Waals surface area contributed by atoms with E-state index in [9.17, 15) is 0 Å². The molecular formula is C36H30NO3P. The van der Waals surface area contributed by atoms with Gasteiger partial charge in [-0.15, -0.1) is 0 Å². The molecule has 0 saturated carbocycles. The smallest absolute Gasteiger partial charge is 0.153 e. The monoisotopic (exact) mass is 555 g/mol. The van der Waals surface area contributed by atoms with E-state index in [0.717, 1.165) is 50.1 Å². The van der Waals surface area contributed by atoms with E-state index < -0.39 is 7.34 Å². The highest BCUT2D eigenvalue weighted by Crippen LogP contribution is 2.58. The molecule has 9 rings (SSSR count). The minimum atomic E-state index is -0.941. The quantitative estimate of drug-likeness (QED) is 0.138. The van der Waals surface area contributed by atoms with Crippen LogP contribution in [0.4, 0.5) is 0 Å². The number of nitrogens with zero attached hydrogens (tertiary/aromatic N) is 1. The van der Waals surface area contributed by atoms with Gasteiger partial charge in [0.25, 0.3) is 0 Å². The second-order valence-electron chi connectivity index (χ2n) is 13.5. The van der Waals surface area contributed by atoms with Crippen molar-refractivity contribution < 1.29 is 13.3 Å². The minimum Gasteiger partial charge on any atom is -0.455 e. The predicted octanol–water partition coefficient (Wildman–Crippen LogP) is 11.7. The molecule has 0 radical (unpaired) electrons. The summed E-state index contributed by atoms with van der Waals surface area (Å²) in [4.78, 5) is 0. The van der Waals surface area contributed by atoms with Crippen LogP contribution in [-0.2, 0) is 10.8 Å². The molecule has 4 nitrogen and oxygen atoms in total. The summed E-state index contributed by atoms with van der Waals surface area (Å²) in [6.45, 7) is 13.6. The van der Waals surface area contributed by atoms with Gasteiger partial charge >= 0.3 is 0 Å². The fourth-order valence-electron chi connectivity index (χ4n) is 6.83. The first-order chi connectivity index (χ1) is 19.6. The van der Waals surface area contributed by atoms with E-state index in [-0.39, 0.29) is 10.8 Å². The number of hydrogen-bond acceptors (Lipinski definition) is 3. The molecule has 0 aliphatic carbocycles. The molecule has 5 aromatic carbocycles. The average Bonchev–Trinajstić information content (AvgIpc) is 2.93. The Morgan fingerprint density at radius 1 is 0.537 bits per heavy atom. The van der Waals surface area contributed by atoms with Crippen molar-refractivity contribution in [2.24, 2.45) is 0 Å².